The lowest BCUT2D eigenvalue weighted by molar-refractivity contribution is 0.836. The number of aryl methyl sites for hydroxylation is 1. The Balaban J connectivity index is 1.72. The van der Waals surface area contributed by atoms with E-state index in [-0.39, 0.29) is 5.92 Å². The van der Waals surface area contributed by atoms with Gasteiger partial charge < -0.3 is 21.4 Å². The summed E-state index contributed by atoms with van der Waals surface area (Å²) in [5, 5.41) is 16.9. The number of fused-ring (bicyclic) bond motifs is 2. The van der Waals surface area contributed by atoms with E-state index in [0.717, 1.165) is 59.0 Å². The van der Waals surface area contributed by atoms with Crippen molar-refractivity contribution in [2.75, 3.05) is 17.3 Å². The number of nitrogens with zero attached hydrogens (tertiary/aromatic N) is 4. The Kier molecular flexibility index (Phi) is 7.44. The topological polar surface area (TPSA) is 95.3 Å². The van der Waals surface area contributed by atoms with Crippen molar-refractivity contribution in [3.8, 4) is 0 Å². The summed E-state index contributed by atoms with van der Waals surface area (Å²) in [6.07, 6.45) is 5.49. The van der Waals surface area contributed by atoms with Crippen molar-refractivity contribution in [3.63, 3.8) is 0 Å². The minimum atomic E-state index is 0.125. The molecular weight excluding hydrogens is 506 g/mol. The van der Waals surface area contributed by atoms with Crippen LogP contribution in [0.5, 0.6) is 0 Å². The van der Waals surface area contributed by atoms with Gasteiger partial charge in [0.15, 0.2) is 5.65 Å². The number of rotatable bonds is 8. The van der Waals surface area contributed by atoms with Gasteiger partial charge in [0.2, 0.25) is 0 Å². The Hall–Kier alpha value is -4.10. The molecule has 0 spiro atoms. The van der Waals surface area contributed by atoms with Crippen molar-refractivity contribution in [3.05, 3.63) is 93.9 Å². The lowest BCUT2D eigenvalue weighted by atomic mass is 9.99. The first kappa shape index (κ1) is 26.5. The Bertz CT molecular complexity index is 1570. The van der Waals surface area contributed by atoms with Crippen LogP contribution in [-0.4, -0.2) is 27.9 Å². The third-order valence-corrected chi connectivity index (χ3v) is 7.61. The van der Waals surface area contributed by atoms with E-state index in [4.69, 9.17) is 32.8 Å². The minimum absolute atomic E-state index is 0.125. The van der Waals surface area contributed by atoms with E-state index < -0.39 is 0 Å². The van der Waals surface area contributed by atoms with E-state index >= 15 is 0 Å². The summed E-state index contributed by atoms with van der Waals surface area (Å²) in [7, 11) is 1.90. The summed E-state index contributed by atoms with van der Waals surface area (Å²) >= 11 is 7.03. The predicted molar refractivity (Wildman–Crippen MR) is 163 cm³/mol. The molecule has 4 N–H and O–H groups in total. The Labute approximate surface area is 234 Å². The monoisotopic (exact) mass is 539 g/mol. The van der Waals surface area contributed by atoms with E-state index in [1.165, 1.54) is 23.5 Å². The van der Waals surface area contributed by atoms with Crippen LogP contribution in [0.25, 0.3) is 22.3 Å². The third kappa shape index (κ3) is 4.79. The highest BCUT2D eigenvalue weighted by atomic mass is 35.5. The fourth-order valence-electron chi connectivity index (χ4n) is 5.35. The SMILES string of the molecule is CCc1cccc(NC)c1/C(Cl)=C/c1nn2c(/C(C=N)=C/N)cc(N3Cc4ccccc4C3)nc2c1C(C)C. The van der Waals surface area contributed by atoms with E-state index in [2.05, 4.69) is 61.3 Å². The third-order valence-electron chi connectivity index (χ3n) is 7.32. The van der Waals surface area contributed by atoms with Gasteiger partial charge in [-0.25, -0.2) is 9.50 Å². The van der Waals surface area contributed by atoms with Crippen LogP contribution in [0.15, 0.2) is 54.7 Å². The summed E-state index contributed by atoms with van der Waals surface area (Å²) in [5.74, 6) is 0.951. The molecular formula is C31H34ClN7. The van der Waals surface area contributed by atoms with Crippen LogP contribution in [0.3, 0.4) is 0 Å². The van der Waals surface area contributed by atoms with Crippen LogP contribution in [-0.2, 0) is 19.5 Å². The van der Waals surface area contributed by atoms with Crippen LogP contribution in [0.4, 0.5) is 11.5 Å². The van der Waals surface area contributed by atoms with Gasteiger partial charge in [0.05, 0.1) is 16.4 Å². The van der Waals surface area contributed by atoms with E-state index in [1.54, 1.807) is 4.52 Å². The molecule has 0 atom stereocenters. The first-order valence-corrected chi connectivity index (χ1v) is 13.6. The molecule has 0 amide bonds. The van der Waals surface area contributed by atoms with Crippen molar-refractivity contribution in [1.29, 1.82) is 5.41 Å². The molecule has 7 nitrogen and oxygen atoms in total. The molecule has 1 aliphatic rings. The number of nitrogens with one attached hydrogen (secondary N) is 2. The molecule has 0 saturated carbocycles. The zero-order valence-electron chi connectivity index (χ0n) is 22.8. The highest BCUT2D eigenvalue weighted by molar-refractivity contribution is 6.52. The molecule has 2 aromatic carbocycles. The predicted octanol–water partition coefficient (Wildman–Crippen LogP) is 6.66. The number of hydrogen-bond acceptors (Lipinski definition) is 6. The molecule has 0 aliphatic carbocycles. The van der Waals surface area contributed by atoms with Crippen molar-refractivity contribution >= 4 is 51.6 Å². The quantitative estimate of drug-likeness (QED) is 0.217. The Morgan fingerprint density at radius 3 is 2.46 bits per heavy atom. The normalized spacial score (nSPS) is 13.8. The molecule has 200 valence electrons. The van der Waals surface area contributed by atoms with Crippen molar-refractivity contribution < 1.29 is 0 Å². The molecule has 4 aromatic rings. The van der Waals surface area contributed by atoms with Gasteiger partial charge in [0.1, 0.15) is 5.82 Å². The maximum Gasteiger partial charge on any atom is 0.162 e. The zero-order valence-corrected chi connectivity index (χ0v) is 23.5. The molecule has 0 radical (unpaired) electrons. The van der Waals surface area contributed by atoms with Gasteiger partial charge in [0.25, 0.3) is 0 Å². The molecule has 0 bridgehead atoms. The van der Waals surface area contributed by atoms with Gasteiger partial charge in [-0.2, -0.15) is 5.10 Å². The smallest absolute Gasteiger partial charge is 0.162 e. The fraction of sp³-hybridized carbons (Fsp3) is 0.258. The van der Waals surface area contributed by atoms with Crippen molar-refractivity contribution in [2.45, 2.75) is 46.2 Å². The van der Waals surface area contributed by atoms with E-state index in [9.17, 15) is 0 Å². The zero-order chi connectivity index (χ0) is 27.7. The molecule has 0 saturated heterocycles. The molecule has 3 heterocycles. The van der Waals surface area contributed by atoms with Crippen molar-refractivity contribution in [2.24, 2.45) is 5.73 Å². The van der Waals surface area contributed by atoms with E-state index in [0.29, 0.717) is 16.3 Å². The van der Waals surface area contributed by atoms with Gasteiger partial charge in [-0.1, -0.05) is 68.8 Å². The van der Waals surface area contributed by atoms with Gasteiger partial charge >= 0.3 is 0 Å². The second-order valence-electron chi connectivity index (χ2n) is 10.0. The number of anilines is 2. The van der Waals surface area contributed by atoms with Gasteiger partial charge in [-0.15, -0.1) is 0 Å². The number of allylic oxidation sites excluding steroid dienone is 1. The summed E-state index contributed by atoms with van der Waals surface area (Å²) in [5.41, 5.74) is 15.4. The van der Waals surface area contributed by atoms with Crippen molar-refractivity contribution in [1.82, 2.24) is 14.6 Å². The molecule has 8 heteroatoms. The summed E-state index contributed by atoms with van der Waals surface area (Å²) in [6, 6.07) is 16.6. The second-order valence-corrected chi connectivity index (χ2v) is 10.4. The minimum Gasteiger partial charge on any atom is -0.404 e. The summed E-state index contributed by atoms with van der Waals surface area (Å²) in [6.45, 7) is 7.94. The highest BCUT2D eigenvalue weighted by Crippen LogP contribution is 2.36. The van der Waals surface area contributed by atoms with E-state index in [1.807, 2.05) is 31.3 Å². The molecule has 0 unspecified atom stereocenters. The maximum absolute atomic E-state index is 8.03. The maximum atomic E-state index is 8.03. The summed E-state index contributed by atoms with van der Waals surface area (Å²) < 4.78 is 1.80. The first-order chi connectivity index (χ1) is 18.9. The fourth-order valence-corrected chi connectivity index (χ4v) is 5.67. The van der Waals surface area contributed by atoms with Crippen LogP contribution in [0.2, 0.25) is 0 Å². The number of nitrogens with two attached hydrogens (primary N) is 1. The van der Waals surface area contributed by atoms with Crippen LogP contribution < -0.4 is 16.0 Å². The van der Waals surface area contributed by atoms with Gasteiger partial charge in [-0.3, -0.25) is 0 Å². The standard InChI is InChI=1S/C31H34ClN7/c1-5-20-11-8-12-25(35-4)30(20)24(32)13-26-29(19(2)3)31-36-28(14-27(39(31)37-26)23(15-33)16-34)38-17-21-9-6-7-10-22(21)18-38/h6-16,19,33,35H,5,17-18,34H2,1-4H3/b23-16+,24-13-,33-15?. The average Bonchev–Trinajstić information content (AvgIpc) is 3.54. The summed E-state index contributed by atoms with van der Waals surface area (Å²) in [4.78, 5) is 7.39. The number of aromatic nitrogens is 3. The first-order valence-electron chi connectivity index (χ1n) is 13.2. The molecule has 2 aromatic heterocycles. The van der Waals surface area contributed by atoms with Crippen LogP contribution >= 0.6 is 11.6 Å². The number of halogens is 1. The number of hydrogen-bond donors (Lipinski definition) is 3. The molecule has 39 heavy (non-hydrogen) atoms. The molecule has 1 aliphatic heterocycles. The molecule has 0 fully saturated rings. The molecule has 5 rings (SSSR count). The van der Waals surface area contributed by atoms with Crippen LogP contribution in [0, 0.1) is 5.41 Å². The Morgan fingerprint density at radius 1 is 1.15 bits per heavy atom. The number of benzene rings is 2. The second kappa shape index (κ2) is 10.9. The van der Waals surface area contributed by atoms with Crippen LogP contribution in [0.1, 0.15) is 65.9 Å². The largest absolute Gasteiger partial charge is 0.404 e. The Morgan fingerprint density at radius 2 is 1.87 bits per heavy atom. The van der Waals surface area contributed by atoms with Gasteiger partial charge in [-0.05, 0) is 41.2 Å². The van der Waals surface area contributed by atoms with Gasteiger partial charge in [0, 0.05) is 61.0 Å². The lowest BCUT2D eigenvalue weighted by Gasteiger charge is -2.19. The lowest BCUT2D eigenvalue weighted by Crippen LogP contribution is -2.18. The average molecular weight is 540 g/mol. The highest BCUT2D eigenvalue weighted by Gasteiger charge is 2.25.